The van der Waals surface area contributed by atoms with Gasteiger partial charge in [0.1, 0.15) is 5.69 Å². The number of carbonyl (C=O) groups is 1. The highest BCUT2D eigenvalue weighted by Crippen LogP contribution is 2.29. The molecule has 7 heteroatoms. The summed E-state index contributed by atoms with van der Waals surface area (Å²) in [7, 11) is 0. The summed E-state index contributed by atoms with van der Waals surface area (Å²) < 4.78 is 37.0. The molecule has 76 valence electrons. The van der Waals surface area contributed by atoms with Crippen molar-refractivity contribution in [1.82, 2.24) is 4.98 Å². The number of hydrogen-bond acceptors (Lipinski definition) is 2. The third-order valence-electron chi connectivity index (χ3n) is 1.43. The lowest BCUT2D eigenvalue weighted by Gasteiger charge is -2.05. The molecule has 1 aromatic heterocycles. The first-order valence-electron chi connectivity index (χ1n) is 3.37. The summed E-state index contributed by atoms with van der Waals surface area (Å²) in [6.07, 6.45) is -2.90. The van der Waals surface area contributed by atoms with Gasteiger partial charge in [0.15, 0.2) is 0 Å². The Labute approximate surface area is 85.2 Å². The van der Waals surface area contributed by atoms with E-state index in [4.69, 9.17) is 5.73 Å². The molecule has 1 aromatic rings. The highest BCUT2D eigenvalue weighted by atomic mass is 79.9. The van der Waals surface area contributed by atoms with E-state index in [0.717, 1.165) is 6.07 Å². The summed E-state index contributed by atoms with van der Waals surface area (Å²) in [6.45, 7) is 0. The van der Waals surface area contributed by atoms with Gasteiger partial charge in [0, 0.05) is 5.56 Å². The number of pyridine rings is 1. The normalized spacial score (nSPS) is 10.6. The van der Waals surface area contributed by atoms with E-state index in [-0.39, 0.29) is 0 Å². The number of amides is 1. The van der Waals surface area contributed by atoms with Crippen LogP contribution in [0.3, 0.4) is 0 Å². The Morgan fingerprint density at radius 2 is 2.14 bits per heavy atom. The molecule has 1 rings (SSSR count). The Balaban J connectivity index is 3.35. The zero-order chi connectivity index (χ0) is 10.9. The number of rotatable bonds is 2. The second-order valence-electron chi connectivity index (χ2n) is 2.37. The number of nitrogens with two attached hydrogens (primary N) is 1. The van der Waals surface area contributed by atoms with Crippen LogP contribution >= 0.6 is 15.9 Å². The fraction of sp³-hybridized carbons (Fsp3) is 0.143. The average Bonchev–Trinajstić information content (AvgIpc) is 2.08. The molecule has 0 aliphatic heterocycles. The molecule has 14 heavy (non-hydrogen) atoms. The second kappa shape index (κ2) is 3.95. The molecule has 3 nitrogen and oxygen atoms in total. The number of hydrogen-bond donors (Lipinski definition) is 1. The van der Waals surface area contributed by atoms with Gasteiger partial charge in [-0.05, 0) is 22.0 Å². The molecule has 0 radical (unpaired) electrons. The van der Waals surface area contributed by atoms with Crippen molar-refractivity contribution in [2.75, 3.05) is 0 Å². The number of carbonyl (C=O) groups excluding carboxylic acids is 1. The van der Waals surface area contributed by atoms with Gasteiger partial charge in [-0.2, -0.15) is 4.39 Å². The summed E-state index contributed by atoms with van der Waals surface area (Å²) in [6, 6.07) is 0.750. The maximum absolute atomic E-state index is 12.9. The standard InChI is InChI=1S/C7H4BrF3N2O/c8-4-2(5(9)10)1-3(7(12)14)13-6(4)11/h1,5H,(H2,12,14). The van der Waals surface area contributed by atoms with Gasteiger partial charge in [-0.15, -0.1) is 0 Å². The monoisotopic (exact) mass is 268 g/mol. The first-order chi connectivity index (χ1) is 6.43. The predicted molar refractivity (Wildman–Crippen MR) is 45.4 cm³/mol. The van der Waals surface area contributed by atoms with E-state index in [1.54, 1.807) is 0 Å². The third kappa shape index (κ3) is 2.03. The third-order valence-corrected chi connectivity index (χ3v) is 2.22. The molecule has 0 atom stereocenters. The molecular formula is C7H4BrF3N2O. The topological polar surface area (TPSA) is 56.0 Å². The number of nitrogens with zero attached hydrogens (tertiary/aromatic N) is 1. The van der Waals surface area contributed by atoms with E-state index in [9.17, 15) is 18.0 Å². The van der Waals surface area contributed by atoms with Crippen molar-refractivity contribution < 1.29 is 18.0 Å². The summed E-state index contributed by atoms with van der Waals surface area (Å²) in [5.74, 6) is -2.24. The van der Waals surface area contributed by atoms with Gasteiger partial charge in [-0.25, -0.2) is 13.8 Å². The van der Waals surface area contributed by atoms with Crippen molar-refractivity contribution in [2.45, 2.75) is 6.43 Å². The SMILES string of the molecule is NC(=O)c1cc(C(F)F)c(Br)c(F)n1. The zero-order valence-corrected chi connectivity index (χ0v) is 8.19. The molecule has 0 saturated carbocycles. The minimum Gasteiger partial charge on any atom is -0.364 e. The number of alkyl halides is 2. The van der Waals surface area contributed by atoms with Crippen LogP contribution in [-0.2, 0) is 0 Å². The maximum Gasteiger partial charge on any atom is 0.267 e. The molecule has 0 aromatic carbocycles. The zero-order valence-electron chi connectivity index (χ0n) is 6.60. The van der Waals surface area contributed by atoms with Crippen LogP contribution in [0.4, 0.5) is 13.2 Å². The molecule has 0 spiro atoms. The van der Waals surface area contributed by atoms with Gasteiger partial charge in [0.05, 0.1) is 4.47 Å². The van der Waals surface area contributed by atoms with Gasteiger partial charge >= 0.3 is 0 Å². The first kappa shape index (κ1) is 11.0. The molecule has 1 amide bonds. The predicted octanol–water partition coefficient (Wildman–Crippen LogP) is 2.02. The summed E-state index contributed by atoms with van der Waals surface area (Å²) in [4.78, 5) is 13.7. The Morgan fingerprint density at radius 3 is 2.57 bits per heavy atom. The van der Waals surface area contributed by atoms with E-state index in [1.807, 2.05) is 0 Å². The molecule has 0 bridgehead atoms. The van der Waals surface area contributed by atoms with Crippen molar-refractivity contribution in [1.29, 1.82) is 0 Å². The number of halogens is 4. The number of primary amides is 1. The van der Waals surface area contributed by atoms with Crippen molar-refractivity contribution in [3.8, 4) is 0 Å². The lowest BCUT2D eigenvalue weighted by Crippen LogP contribution is -2.15. The van der Waals surface area contributed by atoms with E-state index >= 15 is 0 Å². The second-order valence-corrected chi connectivity index (χ2v) is 3.16. The number of aromatic nitrogens is 1. The largest absolute Gasteiger partial charge is 0.364 e. The lowest BCUT2D eigenvalue weighted by atomic mass is 10.2. The van der Waals surface area contributed by atoms with Gasteiger partial charge in [0.25, 0.3) is 12.3 Å². The Morgan fingerprint density at radius 1 is 1.57 bits per heavy atom. The smallest absolute Gasteiger partial charge is 0.267 e. The Kier molecular flexibility index (Phi) is 3.10. The van der Waals surface area contributed by atoms with Crippen LogP contribution in [0.15, 0.2) is 10.5 Å². The molecule has 0 aliphatic carbocycles. The molecule has 1 heterocycles. The highest BCUT2D eigenvalue weighted by molar-refractivity contribution is 9.10. The van der Waals surface area contributed by atoms with Crippen LogP contribution in [0.2, 0.25) is 0 Å². The minimum atomic E-state index is -2.90. The quantitative estimate of drug-likeness (QED) is 0.835. The van der Waals surface area contributed by atoms with Gasteiger partial charge in [-0.3, -0.25) is 4.79 Å². The molecule has 0 aliphatic rings. The summed E-state index contributed by atoms with van der Waals surface area (Å²) >= 11 is 2.59. The average molecular weight is 269 g/mol. The lowest BCUT2D eigenvalue weighted by molar-refractivity contribution is 0.0993. The van der Waals surface area contributed by atoms with Crippen LogP contribution in [-0.4, -0.2) is 10.9 Å². The molecule has 0 fully saturated rings. The Bertz CT molecular complexity index is 383. The van der Waals surface area contributed by atoms with Crippen LogP contribution in [0.5, 0.6) is 0 Å². The Hall–Kier alpha value is -1.11. The van der Waals surface area contributed by atoms with Gasteiger partial charge in [-0.1, -0.05) is 0 Å². The van der Waals surface area contributed by atoms with E-state index < -0.39 is 34.0 Å². The fourth-order valence-electron chi connectivity index (χ4n) is 0.802. The van der Waals surface area contributed by atoms with E-state index in [0.29, 0.717) is 0 Å². The maximum atomic E-state index is 12.9. The van der Waals surface area contributed by atoms with Gasteiger partial charge < -0.3 is 5.73 Å². The van der Waals surface area contributed by atoms with Crippen molar-refractivity contribution in [3.63, 3.8) is 0 Å². The van der Waals surface area contributed by atoms with Crippen molar-refractivity contribution >= 4 is 21.8 Å². The summed E-state index contributed by atoms with van der Waals surface area (Å²) in [5, 5.41) is 0. The molecule has 0 unspecified atom stereocenters. The van der Waals surface area contributed by atoms with Crippen LogP contribution in [0, 0.1) is 5.95 Å². The van der Waals surface area contributed by atoms with Crippen molar-refractivity contribution in [2.24, 2.45) is 5.73 Å². The summed E-state index contributed by atoms with van der Waals surface area (Å²) in [5.41, 5.74) is 3.60. The van der Waals surface area contributed by atoms with Crippen LogP contribution < -0.4 is 5.73 Å². The molecule has 0 saturated heterocycles. The van der Waals surface area contributed by atoms with Crippen LogP contribution in [0.1, 0.15) is 22.5 Å². The first-order valence-corrected chi connectivity index (χ1v) is 4.16. The van der Waals surface area contributed by atoms with E-state index in [2.05, 4.69) is 20.9 Å². The van der Waals surface area contributed by atoms with Crippen molar-refractivity contribution in [3.05, 3.63) is 27.7 Å². The van der Waals surface area contributed by atoms with E-state index in [1.165, 1.54) is 0 Å². The van der Waals surface area contributed by atoms with Crippen LogP contribution in [0.25, 0.3) is 0 Å². The highest BCUT2D eigenvalue weighted by Gasteiger charge is 2.19. The molecule has 2 N–H and O–H groups in total. The fourth-order valence-corrected chi connectivity index (χ4v) is 1.18. The van der Waals surface area contributed by atoms with Gasteiger partial charge in [0.2, 0.25) is 5.95 Å². The molecular weight excluding hydrogens is 265 g/mol. The minimum absolute atomic E-state index is 0.461.